The smallest absolute Gasteiger partial charge is 0.133 e. The fourth-order valence-corrected chi connectivity index (χ4v) is 2.07. The van der Waals surface area contributed by atoms with Gasteiger partial charge in [-0.25, -0.2) is 4.39 Å². The number of benzene rings is 2. The van der Waals surface area contributed by atoms with Crippen LogP contribution in [0.4, 0.5) is 4.39 Å². The first-order valence-electron chi connectivity index (χ1n) is 6.40. The number of ether oxygens (including phenoxy) is 2. The monoisotopic (exact) mass is 276 g/mol. The molecule has 0 amide bonds. The molecular weight excluding hydrogens is 259 g/mol. The Morgan fingerprint density at radius 1 is 1.20 bits per heavy atom. The Balaban J connectivity index is 2.40. The molecule has 106 valence electrons. The largest absolute Gasteiger partial charge is 0.496 e. The number of aliphatic hydroxyl groups is 1. The predicted octanol–water partition coefficient (Wildman–Crippen LogP) is 3.31. The summed E-state index contributed by atoms with van der Waals surface area (Å²) in [4.78, 5) is 0. The number of aliphatic hydroxyl groups excluding tert-OH is 1. The van der Waals surface area contributed by atoms with Gasteiger partial charge in [-0.15, -0.1) is 0 Å². The van der Waals surface area contributed by atoms with Gasteiger partial charge in [-0.1, -0.05) is 18.2 Å². The van der Waals surface area contributed by atoms with Gasteiger partial charge >= 0.3 is 0 Å². The summed E-state index contributed by atoms with van der Waals surface area (Å²) >= 11 is 0. The van der Waals surface area contributed by atoms with E-state index in [-0.39, 0.29) is 5.56 Å². The summed E-state index contributed by atoms with van der Waals surface area (Å²) in [7, 11) is 1.45. The lowest BCUT2D eigenvalue weighted by molar-refractivity contribution is 0.208. The maximum atomic E-state index is 14.0. The molecule has 1 N–H and O–H groups in total. The topological polar surface area (TPSA) is 38.7 Å². The zero-order chi connectivity index (χ0) is 14.5. The molecule has 2 aromatic carbocycles. The SMILES string of the molecule is CCOc1cccc(C(O)c2c(F)cccc2OC)c1. The molecule has 0 saturated heterocycles. The van der Waals surface area contributed by atoms with E-state index in [0.717, 1.165) is 0 Å². The average molecular weight is 276 g/mol. The molecule has 1 unspecified atom stereocenters. The van der Waals surface area contributed by atoms with Crippen molar-refractivity contribution in [2.45, 2.75) is 13.0 Å². The third-order valence-corrected chi connectivity index (χ3v) is 2.99. The van der Waals surface area contributed by atoms with E-state index in [9.17, 15) is 9.50 Å². The van der Waals surface area contributed by atoms with Crippen molar-refractivity contribution in [1.82, 2.24) is 0 Å². The van der Waals surface area contributed by atoms with Crippen LogP contribution < -0.4 is 9.47 Å². The van der Waals surface area contributed by atoms with E-state index in [1.807, 2.05) is 6.92 Å². The third-order valence-electron chi connectivity index (χ3n) is 2.99. The van der Waals surface area contributed by atoms with Crippen molar-refractivity contribution in [3.05, 3.63) is 59.4 Å². The summed E-state index contributed by atoms with van der Waals surface area (Å²) < 4.78 is 24.4. The van der Waals surface area contributed by atoms with Crippen LogP contribution in [0.5, 0.6) is 11.5 Å². The van der Waals surface area contributed by atoms with Crippen molar-refractivity contribution in [2.75, 3.05) is 13.7 Å². The summed E-state index contributed by atoms with van der Waals surface area (Å²) in [6.07, 6.45) is -1.11. The van der Waals surface area contributed by atoms with Crippen LogP contribution in [0.25, 0.3) is 0 Å². The Morgan fingerprint density at radius 3 is 2.65 bits per heavy atom. The van der Waals surface area contributed by atoms with E-state index < -0.39 is 11.9 Å². The molecule has 0 saturated carbocycles. The minimum atomic E-state index is -1.11. The molecule has 0 bridgehead atoms. The van der Waals surface area contributed by atoms with Gasteiger partial charge in [-0.3, -0.25) is 0 Å². The Labute approximate surface area is 117 Å². The molecule has 20 heavy (non-hydrogen) atoms. The van der Waals surface area contributed by atoms with Crippen molar-refractivity contribution >= 4 is 0 Å². The molecule has 0 spiro atoms. The molecule has 0 radical (unpaired) electrons. The maximum Gasteiger partial charge on any atom is 0.133 e. The zero-order valence-electron chi connectivity index (χ0n) is 11.5. The minimum Gasteiger partial charge on any atom is -0.496 e. The molecule has 0 aliphatic heterocycles. The van der Waals surface area contributed by atoms with Crippen molar-refractivity contribution < 1.29 is 19.0 Å². The second kappa shape index (κ2) is 6.39. The molecule has 0 aliphatic rings. The van der Waals surface area contributed by atoms with Gasteiger partial charge in [0.2, 0.25) is 0 Å². The zero-order valence-corrected chi connectivity index (χ0v) is 11.5. The fourth-order valence-electron chi connectivity index (χ4n) is 2.07. The van der Waals surface area contributed by atoms with E-state index in [2.05, 4.69) is 0 Å². The highest BCUT2D eigenvalue weighted by Crippen LogP contribution is 2.33. The Morgan fingerprint density at radius 2 is 1.95 bits per heavy atom. The van der Waals surface area contributed by atoms with E-state index in [4.69, 9.17) is 9.47 Å². The molecule has 0 aromatic heterocycles. The Bertz CT molecular complexity index is 584. The van der Waals surface area contributed by atoms with E-state index in [0.29, 0.717) is 23.7 Å². The van der Waals surface area contributed by atoms with Crippen LogP contribution in [0, 0.1) is 5.82 Å². The minimum absolute atomic E-state index is 0.128. The van der Waals surface area contributed by atoms with Crippen LogP contribution in [0.3, 0.4) is 0 Å². The summed E-state index contributed by atoms with van der Waals surface area (Å²) in [5.74, 6) is 0.456. The number of hydrogen-bond donors (Lipinski definition) is 1. The van der Waals surface area contributed by atoms with Crippen LogP contribution in [-0.4, -0.2) is 18.8 Å². The molecule has 2 rings (SSSR count). The second-order valence-corrected chi connectivity index (χ2v) is 4.26. The first kappa shape index (κ1) is 14.3. The standard InChI is InChI=1S/C16H17FO3/c1-3-20-12-7-4-6-11(10-12)16(18)15-13(17)8-5-9-14(15)19-2/h4-10,16,18H,3H2,1-2H3. The number of hydrogen-bond acceptors (Lipinski definition) is 3. The lowest BCUT2D eigenvalue weighted by atomic mass is 10.00. The molecule has 0 fully saturated rings. The summed E-state index contributed by atoms with van der Waals surface area (Å²) in [6, 6.07) is 11.4. The highest BCUT2D eigenvalue weighted by atomic mass is 19.1. The first-order chi connectivity index (χ1) is 9.67. The second-order valence-electron chi connectivity index (χ2n) is 4.26. The molecule has 1 atom stereocenters. The number of halogens is 1. The third kappa shape index (κ3) is 2.91. The normalized spacial score (nSPS) is 12.0. The Kier molecular flexibility index (Phi) is 4.58. The van der Waals surface area contributed by atoms with Gasteiger partial charge < -0.3 is 14.6 Å². The van der Waals surface area contributed by atoms with Crippen molar-refractivity contribution in [3.8, 4) is 11.5 Å². The molecule has 4 heteroatoms. The van der Waals surface area contributed by atoms with Crippen LogP contribution in [0.1, 0.15) is 24.2 Å². The predicted molar refractivity (Wildman–Crippen MR) is 74.6 cm³/mol. The summed E-state index contributed by atoms with van der Waals surface area (Å²) in [6.45, 7) is 2.41. The van der Waals surface area contributed by atoms with Gasteiger partial charge in [0.05, 0.1) is 19.3 Å². The van der Waals surface area contributed by atoms with Crippen LogP contribution in [-0.2, 0) is 0 Å². The molecule has 0 aliphatic carbocycles. The molecule has 0 heterocycles. The molecule has 2 aromatic rings. The van der Waals surface area contributed by atoms with Gasteiger partial charge in [0.25, 0.3) is 0 Å². The van der Waals surface area contributed by atoms with E-state index >= 15 is 0 Å². The lowest BCUT2D eigenvalue weighted by Gasteiger charge is -2.16. The van der Waals surface area contributed by atoms with Gasteiger partial charge in [-0.05, 0) is 36.8 Å². The summed E-state index contributed by atoms with van der Waals surface area (Å²) in [5.41, 5.74) is 0.683. The van der Waals surface area contributed by atoms with Crippen molar-refractivity contribution in [2.24, 2.45) is 0 Å². The van der Waals surface area contributed by atoms with Crippen molar-refractivity contribution in [1.29, 1.82) is 0 Å². The highest BCUT2D eigenvalue weighted by Gasteiger charge is 2.20. The quantitative estimate of drug-likeness (QED) is 0.910. The van der Waals surface area contributed by atoms with Gasteiger partial charge in [0.15, 0.2) is 0 Å². The molecular formula is C16H17FO3. The Hall–Kier alpha value is -2.07. The van der Waals surface area contributed by atoms with Gasteiger partial charge in [0, 0.05) is 0 Å². The first-order valence-corrected chi connectivity index (χ1v) is 6.40. The van der Waals surface area contributed by atoms with E-state index in [1.165, 1.54) is 13.2 Å². The number of methoxy groups -OCH3 is 1. The van der Waals surface area contributed by atoms with Crippen molar-refractivity contribution in [3.63, 3.8) is 0 Å². The van der Waals surface area contributed by atoms with Gasteiger partial charge in [-0.2, -0.15) is 0 Å². The van der Waals surface area contributed by atoms with Crippen LogP contribution in [0.15, 0.2) is 42.5 Å². The maximum absolute atomic E-state index is 14.0. The number of rotatable bonds is 5. The molecule has 3 nitrogen and oxygen atoms in total. The fraction of sp³-hybridized carbons (Fsp3) is 0.250. The van der Waals surface area contributed by atoms with E-state index in [1.54, 1.807) is 36.4 Å². The average Bonchev–Trinajstić information content (AvgIpc) is 2.47. The highest BCUT2D eigenvalue weighted by molar-refractivity contribution is 5.42. The van der Waals surface area contributed by atoms with Gasteiger partial charge in [0.1, 0.15) is 23.4 Å². The summed E-state index contributed by atoms with van der Waals surface area (Å²) in [5, 5.41) is 10.4. The van der Waals surface area contributed by atoms with Crippen LogP contribution in [0.2, 0.25) is 0 Å². The lowest BCUT2D eigenvalue weighted by Crippen LogP contribution is -2.05. The van der Waals surface area contributed by atoms with Crippen LogP contribution >= 0.6 is 0 Å².